The molecule has 0 atom stereocenters. The zero-order chi connectivity index (χ0) is 11.4. The lowest BCUT2D eigenvalue weighted by Crippen LogP contribution is -2.26. The molecule has 3 heteroatoms. The van der Waals surface area contributed by atoms with Gasteiger partial charge >= 0.3 is 0 Å². The van der Waals surface area contributed by atoms with E-state index >= 15 is 0 Å². The third-order valence-electron chi connectivity index (χ3n) is 3.34. The van der Waals surface area contributed by atoms with Crippen LogP contribution >= 0.6 is 27.3 Å². The van der Waals surface area contributed by atoms with Gasteiger partial charge < -0.3 is 4.90 Å². The molecule has 1 aliphatic rings. The van der Waals surface area contributed by atoms with Gasteiger partial charge in [0.15, 0.2) is 0 Å². The molecule has 0 radical (unpaired) electrons. The first-order valence-corrected chi connectivity index (χ1v) is 7.83. The average molecular weight is 302 g/mol. The van der Waals surface area contributed by atoms with Gasteiger partial charge in [-0.3, -0.25) is 0 Å². The van der Waals surface area contributed by atoms with Crippen molar-refractivity contribution in [1.29, 1.82) is 0 Å². The SMILES string of the molecule is CN(Cc1cc(Br)cs1)CC1CCCCC1. The predicted octanol–water partition coefficient (Wildman–Crippen LogP) is 4.52. The highest BCUT2D eigenvalue weighted by Gasteiger charge is 2.15. The molecular formula is C13H20BrNS. The molecule has 0 N–H and O–H groups in total. The molecule has 0 aromatic carbocycles. The van der Waals surface area contributed by atoms with Crippen molar-refractivity contribution in [3.8, 4) is 0 Å². The zero-order valence-electron chi connectivity index (χ0n) is 9.92. The van der Waals surface area contributed by atoms with E-state index in [0.29, 0.717) is 0 Å². The fourth-order valence-electron chi connectivity index (χ4n) is 2.58. The molecule has 0 saturated heterocycles. The fraction of sp³-hybridized carbons (Fsp3) is 0.692. The summed E-state index contributed by atoms with van der Waals surface area (Å²) in [7, 11) is 2.25. The van der Waals surface area contributed by atoms with Crippen LogP contribution in [-0.4, -0.2) is 18.5 Å². The van der Waals surface area contributed by atoms with Crippen molar-refractivity contribution in [3.63, 3.8) is 0 Å². The largest absolute Gasteiger partial charge is 0.301 e. The van der Waals surface area contributed by atoms with Crippen molar-refractivity contribution < 1.29 is 0 Å². The van der Waals surface area contributed by atoms with Gasteiger partial charge in [0.2, 0.25) is 0 Å². The smallest absolute Gasteiger partial charge is 0.0325 e. The third kappa shape index (κ3) is 3.86. The summed E-state index contributed by atoms with van der Waals surface area (Å²) in [6.45, 7) is 2.38. The normalized spacial score (nSPS) is 18.2. The number of hydrogen-bond acceptors (Lipinski definition) is 2. The van der Waals surface area contributed by atoms with Crippen LogP contribution in [0.25, 0.3) is 0 Å². The van der Waals surface area contributed by atoms with Crippen LogP contribution in [0, 0.1) is 5.92 Å². The Bertz CT molecular complexity index is 317. The van der Waals surface area contributed by atoms with Crippen molar-refractivity contribution in [3.05, 3.63) is 20.8 Å². The second kappa shape index (κ2) is 6.18. The Labute approximate surface area is 111 Å². The number of nitrogens with zero attached hydrogens (tertiary/aromatic N) is 1. The number of halogens is 1. The van der Waals surface area contributed by atoms with Gasteiger partial charge in [0.25, 0.3) is 0 Å². The minimum absolute atomic E-state index is 0.946. The minimum Gasteiger partial charge on any atom is -0.301 e. The standard InChI is InChI=1S/C13H20BrNS/c1-15(8-11-5-3-2-4-6-11)9-13-7-12(14)10-16-13/h7,10-11H,2-6,8-9H2,1H3. The molecule has 0 bridgehead atoms. The summed E-state index contributed by atoms with van der Waals surface area (Å²) in [4.78, 5) is 3.94. The molecule has 0 amide bonds. The lowest BCUT2D eigenvalue weighted by atomic mass is 9.89. The van der Waals surface area contributed by atoms with Gasteiger partial charge in [0.1, 0.15) is 0 Å². The molecular weight excluding hydrogens is 282 g/mol. The van der Waals surface area contributed by atoms with Gasteiger partial charge in [0.05, 0.1) is 0 Å². The molecule has 1 fully saturated rings. The topological polar surface area (TPSA) is 3.24 Å². The number of thiophene rings is 1. The average Bonchev–Trinajstić information content (AvgIpc) is 2.65. The molecule has 1 heterocycles. The number of hydrogen-bond donors (Lipinski definition) is 0. The van der Waals surface area contributed by atoms with E-state index in [1.165, 1.54) is 48.0 Å². The highest BCUT2D eigenvalue weighted by atomic mass is 79.9. The third-order valence-corrected chi connectivity index (χ3v) is 5.02. The van der Waals surface area contributed by atoms with E-state index in [1.54, 1.807) is 0 Å². The Morgan fingerprint density at radius 2 is 2.12 bits per heavy atom. The summed E-state index contributed by atoms with van der Waals surface area (Å²) < 4.78 is 1.22. The Balaban J connectivity index is 1.77. The van der Waals surface area contributed by atoms with Gasteiger partial charge in [-0.15, -0.1) is 11.3 Å². The molecule has 0 spiro atoms. The van der Waals surface area contributed by atoms with Crippen LogP contribution in [0.3, 0.4) is 0 Å². The molecule has 1 aromatic heterocycles. The van der Waals surface area contributed by atoms with Crippen molar-refractivity contribution in [2.24, 2.45) is 5.92 Å². The van der Waals surface area contributed by atoms with Crippen LogP contribution in [0.5, 0.6) is 0 Å². The molecule has 0 unspecified atom stereocenters. The van der Waals surface area contributed by atoms with Crippen molar-refractivity contribution in [1.82, 2.24) is 4.90 Å². The van der Waals surface area contributed by atoms with Crippen LogP contribution in [0.1, 0.15) is 37.0 Å². The maximum absolute atomic E-state index is 3.51. The van der Waals surface area contributed by atoms with E-state index in [4.69, 9.17) is 0 Å². The highest BCUT2D eigenvalue weighted by Crippen LogP contribution is 2.25. The molecule has 1 saturated carbocycles. The molecule has 90 valence electrons. The summed E-state index contributed by atoms with van der Waals surface area (Å²) in [5.74, 6) is 0.946. The molecule has 0 aliphatic heterocycles. The summed E-state index contributed by atoms with van der Waals surface area (Å²) >= 11 is 5.36. The molecule has 1 nitrogen and oxygen atoms in total. The quantitative estimate of drug-likeness (QED) is 0.790. The van der Waals surface area contributed by atoms with Crippen molar-refractivity contribution in [2.45, 2.75) is 38.6 Å². The van der Waals surface area contributed by atoms with E-state index < -0.39 is 0 Å². The Morgan fingerprint density at radius 3 is 2.75 bits per heavy atom. The maximum Gasteiger partial charge on any atom is 0.0325 e. The monoisotopic (exact) mass is 301 g/mol. The van der Waals surface area contributed by atoms with Gasteiger partial charge in [-0.25, -0.2) is 0 Å². The maximum atomic E-state index is 3.51. The lowest BCUT2D eigenvalue weighted by molar-refractivity contribution is 0.229. The first-order chi connectivity index (χ1) is 7.74. The molecule has 16 heavy (non-hydrogen) atoms. The van der Waals surface area contributed by atoms with E-state index in [0.717, 1.165) is 12.5 Å². The second-order valence-electron chi connectivity index (χ2n) is 4.93. The van der Waals surface area contributed by atoms with Crippen LogP contribution in [0.2, 0.25) is 0 Å². The summed E-state index contributed by atoms with van der Waals surface area (Å²) in [5.41, 5.74) is 0. The van der Waals surface area contributed by atoms with E-state index in [9.17, 15) is 0 Å². The summed E-state index contributed by atoms with van der Waals surface area (Å²) in [6.07, 6.45) is 7.24. The fourth-order valence-corrected chi connectivity index (χ4v) is 4.11. The van der Waals surface area contributed by atoms with Gasteiger partial charge in [-0.1, -0.05) is 19.3 Å². The van der Waals surface area contributed by atoms with E-state index in [2.05, 4.69) is 39.3 Å². The molecule has 1 aromatic rings. The van der Waals surface area contributed by atoms with Crippen molar-refractivity contribution >= 4 is 27.3 Å². The second-order valence-corrected chi connectivity index (χ2v) is 6.84. The lowest BCUT2D eigenvalue weighted by Gasteiger charge is -2.26. The Kier molecular flexibility index (Phi) is 4.86. The van der Waals surface area contributed by atoms with E-state index in [1.807, 2.05) is 11.3 Å². The van der Waals surface area contributed by atoms with Crippen LogP contribution in [0.15, 0.2) is 15.9 Å². The van der Waals surface area contributed by atoms with E-state index in [-0.39, 0.29) is 0 Å². The Hall–Kier alpha value is 0.140. The molecule has 1 aliphatic carbocycles. The van der Waals surface area contributed by atoms with Crippen LogP contribution in [-0.2, 0) is 6.54 Å². The minimum atomic E-state index is 0.946. The van der Waals surface area contributed by atoms with Gasteiger partial charge in [-0.05, 0) is 47.8 Å². The van der Waals surface area contributed by atoms with Crippen LogP contribution < -0.4 is 0 Å². The predicted molar refractivity (Wildman–Crippen MR) is 74.9 cm³/mol. The summed E-state index contributed by atoms with van der Waals surface area (Å²) in [5, 5.41) is 2.17. The summed E-state index contributed by atoms with van der Waals surface area (Å²) in [6, 6.07) is 2.24. The number of rotatable bonds is 4. The highest BCUT2D eigenvalue weighted by molar-refractivity contribution is 9.10. The first-order valence-electron chi connectivity index (χ1n) is 6.15. The Morgan fingerprint density at radius 1 is 1.38 bits per heavy atom. The van der Waals surface area contributed by atoms with Gasteiger partial charge in [0, 0.05) is 27.8 Å². The first kappa shape index (κ1) is 12.6. The zero-order valence-corrected chi connectivity index (χ0v) is 12.3. The van der Waals surface area contributed by atoms with Crippen LogP contribution in [0.4, 0.5) is 0 Å². The van der Waals surface area contributed by atoms with Gasteiger partial charge in [-0.2, -0.15) is 0 Å². The molecule has 2 rings (SSSR count). The van der Waals surface area contributed by atoms with Crippen molar-refractivity contribution in [2.75, 3.05) is 13.6 Å².